The first kappa shape index (κ1) is 17.6. The minimum absolute atomic E-state index is 0.00945. The van der Waals surface area contributed by atoms with Crippen molar-refractivity contribution in [1.29, 1.82) is 0 Å². The number of carbonyl (C=O) groups is 2. The smallest absolute Gasteiger partial charge is 0.318 e. The van der Waals surface area contributed by atoms with E-state index < -0.39 is 0 Å². The summed E-state index contributed by atoms with van der Waals surface area (Å²) in [5.41, 5.74) is 0. The van der Waals surface area contributed by atoms with Crippen LogP contribution in [0.4, 0.5) is 4.79 Å². The zero-order valence-corrected chi connectivity index (χ0v) is 15.0. The molecular formula is C19H33N3O2. The highest BCUT2D eigenvalue weighted by atomic mass is 16.2. The molecule has 0 aromatic carbocycles. The molecule has 0 unspecified atom stereocenters. The lowest BCUT2D eigenvalue weighted by molar-refractivity contribution is -0.135. The average Bonchev–Trinajstić information content (AvgIpc) is 3.04. The molecule has 3 rings (SSSR count). The maximum atomic E-state index is 13.0. The van der Waals surface area contributed by atoms with Crippen molar-refractivity contribution in [3.05, 3.63) is 0 Å². The lowest BCUT2D eigenvalue weighted by atomic mass is 9.96. The predicted octanol–water partition coefficient (Wildman–Crippen LogP) is 3.29. The molecule has 1 atom stereocenters. The first-order valence-electron chi connectivity index (χ1n) is 10.1. The summed E-state index contributed by atoms with van der Waals surface area (Å²) < 4.78 is 0. The van der Waals surface area contributed by atoms with Crippen molar-refractivity contribution in [3.63, 3.8) is 0 Å². The van der Waals surface area contributed by atoms with E-state index in [0.29, 0.717) is 6.04 Å². The van der Waals surface area contributed by atoms with Gasteiger partial charge in [-0.25, -0.2) is 4.79 Å². The van der Waals surface area contributed by atoms with Crippen molar-refractivity contribution in [2.45, 2.75) is 89.1 Å². The summed E-state index contributed by atoms with van der Waals surface area (Å²) in [4.78, 5) is 29.5. The molecule has 0 aromatic heterocycles. The third-order valence-corrected chi connectivity index (χ3v) is 5.90. The molecule has 3 aliphatic rings. The van der Waals surface area contributed by atoms with Gasteiger partial charge in [-0.1, -0.05) is 38.5 Å². The molecule has 2 aliphatic heterocycles. The highest BCUT2D eigenvalue weighted by Gasteiger charge is 2.37. The van der Waals surface area contributed by atoms with E-state index in [2.05, 4.69) is 5.32 Å². The standard InChI is InChI=1S/C19H33N3O2/c23-18(21-13-7-2-1-3-8-14-21)17-12-9-15-22(17)19(24)20-16-10-5-4-6-11-16/h16-17H,1-15H2,(H,20,24)/t17-/m1/s1. The Morgan fingerprint density at radius 2 is 1.33 bits per heavy atom. The van der Waals surface area contributed by atoms with Crippen LogP contribution in [-0.2, 0) is 4.79 Å². The van der Waals surface area contributed by atoms with Crippen LogP contribution < -0.4 is 5.32 Å². The van der Waals surface area contributed by atoms with Gasteiger partial charge in [-0.15, -0.1) is 0 Å². The number of nitrogens with zero attached hydrogens (tertiary/aromatic N) is 2. The molecule has 2 saturated heterocycles. The number of nitrogens with one attached hydrogen (secondary N) is 1. The minimum atomic E-state index is -0.229. The Bertz CT molecular complexity index is 426. The van der Waals surface area contributed by atoms with Crippen molar-refractivity contribution in [2.75, 3.05) is 19.6 Å². The van der Waals surface area contributed by atoms with Crippen LogP contribution in [0.2, 0.25) is 0 Å². The summed E-state index contributed by atoms with van der Waals surface area (Å²) in [6, 6.07) is 0.0714. The second-order valence-corrected chi connectivity index (χ2v) is 7.73. The molecule has 5 heteroatoms. The van der Waals surface area contributed by atoms with Crippen LogP contribution in [0.25, 0.3) is 0 Å². The van der Waals surface area contributed by atoms with Crippen LogP contribution in [0.5, 0.6) is 0 Å². The number of likely N-dealkylation sites (tertiary alicyclic amines) is 2. The largest absolute Gasteiger partial charge is 0.341 e. The molecule has 1 aliphatic carbocycles. The normalized spacial score (nSPS) is 26.8. The fourth-order valence-electron chi connectivity index (χ4n) is 4.45. The Kier molecular flexibility index (Phi) is 6.38. The third-order valence-electron chi connectivity index (χ3n) is 5.90. The molecule has 0 aromatic rings. The molecule has 5 nitrogen and oxygen atoms in total. The van der Waals surface area contributed by atoms with Gasteiger partial charge >= 0.3 is 6.03 Å². The average molecular weight is 335 g/mol. The molecule has 136 valence electrons. The fourth-order valence-corrected chi connectivity index (χ4v) is 4.45. The van der Waals surface area contributed by atoms with Gasteiger partial charge in [-0.05, 0) is 38.5 Å². The summed E-state index contributed by atoms with van der Waals surface area (Å²) in [5, 5.41) is 3.19. The Balaban J connectivity index is 1.56. The molecule has 2 heterocycles. The van der Waals surface area contributed by atoms with Crippen LogP contribution in [0.1, 0.15) is 77.0 Å². The number of rotatable bonds is 2. The van der Waals surface area contributed by atoms with E-state index in [1.54, 1.807) is 0 Å². The van der Waals surface area contributed by atoms with Crippen LogP contribution in [-0.4, -0.2) is 53.5 Å². The van der Waals surface area contributed by atoms with Gasteiger partial charge in [0.15, 0.2) is 0 Å². The van der Waals surface area contributed by atoms with Gasteiger partial charge in [0.25, 0.3) is 0 Å². The molecule has 0 radical (unpaired) electrons. The SMILES string of the molecule is O=C([C@H]1CCCN1C(=O)NC1CCCCC1)N1CCCCCCC1. The zero-order chi connectivity index (χ0) is 16.8. The molecule has 0 spiro atoms. The van der Waals surface area contributed by atoms with Crippen LogP contribution in [0.3, 0.4) is 0 Å². The van der Waals surface area contributed by atoms with Crippen LogP contribution in [0, 0.1) is 0 Å². The molecule has 1 saturated carbocycles. The lowest BCUT2D eigenvalue weighted by Crippen LogP contribution is -2.53. The van der Waals surface area contributed by atoms with Gasteiger partial charge < -0.3 is 15.1 Å². The quantitative estimate of drug-likeness (QED) is 0.842. The Hall–Kier alpha value is -1.26. The van der Waals surface area contributed by atoms with E-state index >= 15 is 0 Å². The van der Waals surface area contributed by atoms with E-state index in [4.69, 9.17) is 0 Å². The summed E-state index contributed by atoms with van der Waals surface area (Å²) in [5.74, 6) is 0.188. The van der Waals surface area contributed by atoms with Crippen molar-refractivity contribution in [1.82, 2.24) is 15.1 Å². The first-order valence-corrected chi connectivity index (χ1v) is 10.1. The van der Waals surface area contributed by atoms with Crippen molar-refractivity contribution in [2.24, 2.45) is 0 Å². The van der Waals surface area contributed by atoms with Crippen LogP contribution >= 0.6 is 0 Å². The molecule has 3 amide bonds. The van der Waals surface area contributed by atoms with Gasteiger partial charge in [0.05, 0.1) is 0 Å². The zero-order valence-electron chi connectivity index (χ0n) is 15.0. The van der Waals surface area contributed by atoms with Crippen molar-refractivity contribution < 1.29 is 9.59 Å². The van der Waals surface area contributed by atoms with E-state index in [1.807, 2.05) is 9.80 Å². The van der Waals surface area contributed by atoms with E-state index in [0.717, 1.165) is 58.2 Å². The first-order chi connectivity index (χ1) is 11.8. The van der Waals surface area contributed by atoms with E-state index in [-0.39, 0.29) is 18.0 Å². The topological polar surface area (TPSA) is 52.7 Å². The van der Waals surface area contributed by atoms with Crippen molar-refractivity contribution >= 4 is 11.9 Å². The molecular weight excluding hydrogens is 302 g/mol. The summed E-state index contributed by atoms with van der Waals surface area (Å²) in [7, 11) is 0. The van der Waals surface area contributed by atoms with E-state index in [1.165, 1.54) is 38.5 Å². The van der Waals surface area contributed by atoms with Crippen LogP contribution in [0.15, 0.2) is 0 Å². The highest BCUT2D eigenvalue weighted by Crippen LogP contribution is 2.23. The molecule has 1 N–H and O–H groups in total. The predicted molar refractivity (Wildman–Crippen MR) is 94.8 cm³/mol. The minimum Gasteiger partial charge on any atom is -0.341 e. The van der Waals surface area contributed by atoms with Gasteiger partial charge in [0.1, 0.15) is 6.04 Å². The van der Waals surface area contributed by atoms with Gasteiger partial charge in [0, 0.05) is 25.7 Å². The van der Waals surface area contributed by atoms with Gasteiger partial charge in [-0.3, -0.25) is 4.79 Å². The lowest BCUT2D eigenvalue weighted by Gasteiger charge is -2.33. The Morgan fingerprint density at radius 3 is 2.04 bits per heavy atom. The maximum Gasteiger partial charge on any atom is 0.318 e. The molecule has 3 fully saturated rings. The number of hydrogen-bond acceptors (Lipinski definition) is 2. The fraction of sp³-hybridized carbons (Fsp3) is 0.895. The summed E-state index contributed by atoms with van der Waals surface area (Å²) in [6.45, 7) is 2.46. The van der Waals surface area contributed by atoms with Gasteiger partial charge in [-0.2, -0.15) is 0 Å². The van der Waals surface area contributed by atoms with Gasteiger partial charge in [0.2, 0.25) is 5.91 Å². The molecule has 0 bridgehead atoms. The molecule has 24 heavy (non-hydrogen) atoms. The second-order valence-electron chi connectivity index (χ2n) is 7.73. The Labute approximate surface area is 146 Å². The summed E-state index contributed by atoms with van der Waals surface area (Å²) >= 11 is 0. The van der Waals surface area contributed by atoms with Crippen molar-refractivity contribution in [3.8, 4) is 0 Å². The summed E-state index contributed by atoms with van der Waals surface area (Å²) in [6.07, 6.45) is 13.6. The number of carbonyl (C=O) groups excluding carboxylic acids is 2. The number of hydrogen-bond donors (Lipinski definition) is 1. The van der Waals surface area contributed by atoms with E-state index in [9.17, 15) is 9.59 Å². The third kappa shape index (κ3) is 4.42. The Morgan fingerprint density at radius 1 is 0.708 bits per heavy atom. The number of urea groups is 1. The highest BCUT2D eigenvalue weighted by molar-refractivity contribution is 5.87. The number of amides is 3. The second kappa shape index (κ2) is 8.72. The monoisotopic (exact) mass is 335 g/mol. The maximum absolute atomic E-state index is 13.0.